The predicted molar refractivity (Wildman–Crippen MR) is 85.4 cm³/mol. The molecular weight excluding hydrogens is 272 g/mol. The number of fused-ring (bicyclic) bond motifs is 4. The number of hydrogen-bond donors (Lipinski definition) is 1. The number of benzene rings is 2. The van der Waals surface area contributed by atoms with Gasteiger partial charge < -0.3 is 4.98 Å². The Kier molecular flexibility index (Phi) is 2.24. The maximum atomic E-state index is 4.63. The molecule has 0 radical (unpaired) electrons. The van der Waals surface area contributed by atoms with E-state index in [1.54, 1.807) is 6.20 Å². The van der Waals surface area contributed by atoms with Crippen molar-refractivity contribution in [3.8, 4) is 22.5 Å². The van der Waals surface area contributed by atoms with E-state index in [0.717, 1.165) is 23.3 Å². The van der Waals surface area contributed by atoms with Crippen LogP contribution in [0.3, 0.4) is 0 Å². The van der Waals surface area contributed by atoms with Crippen molar-refractivity contribution in [3.05, 3.63) is 66.1 Å². The molecule has 2 aromatic carbocycles. The van der Waals surface area contributed by atoms with Crippen molar-refractivity contribution in [2.75, 3.05) is 0 Å². The van der Waals surface area contributed by atoms with Crippen LogP contribution in [0.5, 0.6) is 0 Å². The van der Waals surface area contributed by atoms with Gasteiger partial charge in [0.2, 0.25) is 0 Å². The molecule has 104 valence electrons. The molecule has 5 rings (SSSR count). The van der Waals surface area contributed by atoms with Crippen LogP contribution in [0, 0.1) is 0 Å². The fourth-order valence-electron chi connectivity index (χ4n) is 3.28. The second-order valence-electron chi connectivity index (χ2n) is 5.52. The number of aromatic nitrogens is 4. The van der Waals surface area contributed by atoms with Crippen LogP contribution in [0.15, 0.2) is 55.0 Å². The van der Waals surface area contributed by atoms with E-state index in [-0.39, 0.29) is 0 Å². The molecule has 0 bridgehead atoms. The molecule has 4 heteroatoms. The van der Waals surface area contributed by atoms with Crippen molar-refractivity contribution >= 4 is 11.2 Å². The summed E-state index contributed by atoms with van der Waals surface area (Å²) in [5.41, 5.74) is 8.01. The minimum Gasteiger partial charge on any atom is -0.335 e. The second-order valence-corrected chi connectivity index (χ2v) is 5.52. The Morgan fingerprint density at radius 2 is 1.77 bits per heavy atom. The summed E-state index contributed by atoms with van der Waals surface area (Å²) in [6.07, 6.45) is 4.27. The van der Waals surface area contributed by atoms with Gasteiger partial charge in [-0.05, 0) is 28.7 Å². The summed E-state index contributed by atoms with van der Waals surface area (Å²) in [5.74, 6) is 0.851. The average molecular weight is 284 g/mol. The lowest BCUT2D eigenvalue weighted by atomic mass is 9.99. The minimum absolute atomic E-state index is 0.703. The quantitative estimate of drug-likeness (QED) is 0.512. The van der Waals surface area contributed by atoms with E-state index in [2.05, 4.69) is 62.4 Å². The lowest BCUT2D eigenvalue weighted by molar-refractivity contribution is 1.20. The van der Waals surface area contributed by atoms with Crippen molar-refractivity contribution in [2.45, 2.75) is 6.42 Å². The fourth-order valence-corrected chi connectivity index (χ4v) is 3.28. The summed E-state index contributed by atoms with van der Waals surface area (Å²) in [5, 5.41) is 0. The normalized spacial score (nSPS) is 12.4. The van der Waals surface area contributed by atoms with E-state index in [4.69, 9.17) is 0 Å². The zero-order valence-electron chi connectivity index (χ0n) is 11.7. The Morgan fingerprint density at radius 1 is 0.909 bits per heavy atom. The third-order valence-electron chi connectivity index (χ3n) is 4.24. The molecule has 0 amide bonds. The largest absolute Gasteiger partial charge is 0.335 e. The summed E-state index contributed by atoms with van der Waals surface area (Å²) in [7, 11) is 0. The molecule has 4 nitrogen and oxygen atoms in total. The van der Waals surface area contributed by atoms with E-state index in [1.807, 2.05) is 0 Å². The number of rotatable bonds is 1. The first-order valence-corrected chi connectivity index (χ1v) is 7.26. The molecule has 1 aliphatic rings. The molecule has 22 heavy (non-hydrogen) atoms. The van der Waals surface area contributed by atoms with Gasteiger partial charge in [0.1, 0.15) is 17.7 Å². The molecule has 4 aromatic rings. The Balaban J connectivity index is 1.80. The summed E-state index contributed by atoms with van der Waals surface area (Å²) in [6, 6.07) is 15.0. The number of H-pyrrole nitrogens is 1. The zero-order chi connectivity index (χ0) is 14.5. The van der Waals surface area contributed by atoms with Gasteiger partial charge in [0, 0.05) is 5.56 Å². The Hall–Kier alpha value is -3.01. The van der Waals surface area contributed by atoms with Crippen LogP contribution in [0.4, 0.5) is 0 Å². The first kappa shape index (κ1) is 11.6. The Morgan fingerprint density at radius 3 is 2.73 bits per heavy atom. The number of nitrogens with one attached hydrogen (secondary N) is 1. The second kappa shape index (κ2) is 4.24. The molecule has 0 atom stereocenters. The van der Waals surface area contributed by atoms with Gasteiger partial charge in [0.05, 0.1) is 6.20 Å². The Bertz CT molecular complexity index is 983. The molecule has 0 spiro atoms. The highest BCUT2D eigenvalue weighted by Gasteiger charge is 2.22. The van der Waals surface area contributed by atoms with Gasteiger partial charge in [0.15, 0.2) is 5.65 Å². The number of nitrogens with zero attached hydrogens (tertiary/aromatic N) is 3. The summed E-state index contributed by atoms with van der Waals surface area (Å²) in [4.78, 5) is 16.2. The van der Waals surface area contributed by atoms with Gasteiger partial charge >= 0.3 is 0 Å². The van der Waals surface area contributed by atoms with Gasteiger partial charge in [0.25, 0.3) is 0 Å². The lowest BCUT2D eigenvalue weighted by Crippen LogP contribution is -1.87. The van der Waals surface area contributed by atoms with Crippen LogP contribution in [-0.4, -0.2) is 19.9 Å². The molecule has 0 saturated carbocycles. The monoisotopic (exact) mass is 284 g/mol. The SMILES string of the molecule is c1ccc2c(c1)Cc1cccc(-c3nc4ncncc4[nH]3)c1-2. The maximum absolute atomic E-state index is 4.63. The van der Waals surface area contributed by atoms with Crippen molar-refractivity contribution < 1.29 is 0 Å². The highest BCUT2D eigenvalue weighted by molar-refractivity contribution is 5.90. The fraction of sp³-hybridized carbons (Fsp3) is 0.0556. The standard InChI is InChI=1S/C18H12N4/c1-2-6-13-11(4-1)8-12-5-3-7-14(16(12)13)17-21-15-9-19-10-20-18(15)22-17/h1-7,9-10H,8H2,(H,19,20,21,22). The molecule has 2 aromatic heterocycles. The first-order chi connectivity index (χ1) is 10.9. The molecule has 0 unspecified atom stereocenters. The van der Waals surface area contributed by atoms with Gasteiger partial charge in [-0.2, -0.15) is 0 Å². The van der Waals surface area contributed by atoms with Gasteiger partial charge in [-0.15, -0.1) is 0 Å². The van der Waals surface area contributed by atoms with Crippen LogP contribution in [0.25, 0.3) is 33.7 Å². The zero-order valence-corrected chi connectivity index (χ0v) is 11.7. The van der Waals surface area contributed by atoms with Gasteiger partial charge in [-0.25, -0.2) is 15.0 Å². The molecule has 0 saturated heterocycles. The van der Waals surface area contributed by atoms with Crippen molar-refractivity contribution in [1.82, 2.24) is 19.9 Å². The molecule has 1 aliphatic carbocycles. The van der Waals surface area contributed by atoms with E-state index >= 15 is 0 Å². The smallest absolute Gasteiger partial charge is 0.181 e. The highest BCUT2D eigenvalue weighted by Crippen LogP contribution is 2.42. The van der Waals surface area contributed by atoms with E-state index in [0.29, 0.717) is 5.65 Å². The Labute approximate surface area is 126 Å². The highest BCUT2D eigenvalue weighted by atomic mass is 15.0. The topological polar surface area (TPSA) is 54.5 Å². The molecule has 1 N–H and O–H groups in total. The summed E-state index contributed by atoms with van der Waals surface area (Å²) < 4.78 is 0. The van der Waals surface area contributed by atoms with Crippen LogP contribution in [-0.2, 0) is 6.42 Å². The maximum Gasteiger partial charge on any atom is 0.181 e. The van der Waals surface area contributed by atoms with Crippen molar-refractivity contribution in [1.29, 1.82) is 0 Å². The van der Waals surface area contributed by atoms with Crippen LogP contribution < -0.4 is 0 Å². The first-order valence-electron chi connectivity index (χ1n) is 7.26. The third kappa shape index (κ3) is 1.55. The number of imidazole rings is 1. The minimum atomic E-state index is 0.703. The average Bonchev–Trinajstić information content (AvgIpc) is 3.15. The predicted octanol–water partition coefficient (Wildman–Crippen LogP) is 3.59. The van der Waals surface area contributed by atoms with Gasteiger partial charge in [-0.3, -0.25) is 0 Å². The molecule has 0 aliphatic heterocycles. The lowest BCUT2D eigenvalue weighted by Gasteiger charge is -2.07. The van der Waals surface area contributed by atoms with Crippen LogP contribution >= 0.6 is 0 Å². The van der Waals surface area contributed by atoms with Gasteiger partial charge in [-0.1, -0.05) is 42.5 Å². The number of aromatic amines is 1. The third-order valence-corrected chi connectivity index (χ3v) is 4.24. The van der Waals surface area contributed by atoms with Crippen molar-refractivity contribution in [3.63, 3.8) is 0 Å². The molecule has 0 fully saturated rings. The van der Waals surface area contributed by atoms with E-state index < -0.39 is 0 Å². The number of hydrogen-bond acceptors (Lipinski definition) is 3. The van der Waals surface area contributed by atoms with Crippen LogP contribution in [0.2, 0.25) is 0 Å². The summed E-state index contributed by atoms with van der Waals surface area (Å²) >= 11 is 0. The molecule has 2 heterocycles. The molecular formula is C18H12N4. The van der Waals surface area contributed by atoms with Crippen molar-refractivity contribution in [2.24, 2.45) is 0 Å². The van der Waals surface area contributed by atoms with E-state index in [9.17, 15) is 0 Å². The van der Waals surface area contributed by atoms with E-state index in [1.165, 1.54) is 28.6 Å². The van der Waals surface area contributed by atoms with Crippen LogP contribution in [0.1, 0.15) is 11.1 Å². The summed E-state index contributed by atoms with van der Waals surface area (Å²) in [6.45, 7) is 0.